The maximum atomic E-state index is 12.3. The summed E-state index contributed by atoms with van der Waals surface area (Å²) in [4.78, 5) is 30.0. The van der Waals surface area contributed by atoms with Gasteiger partial charge in [-0.3, -0.25) is 14.9 Å². The first-order chi connectivity index (χ1) is 13.7. The second-order valence-electron chi connectivity index (χ2n) is 6.49. The molecule has 2 amide bonds. The van der Waals surface area contributed by atoms with Gasteiger partial charge in [-0.2, -0.15) is 10.1 Å². The molecule has 1 aromatic carbocycles. The van der Waals surface area contributed by atoms with Crippen LogP contribution in [-0.4, -0.2) is 71.5 Å². The molecule has 0 unspecified atom stereocenters. The van der Waals surface area contributed by atoms with Crippen molar-refractivity contribution >= 4 is 17.8 Å². The molecule has 0 spiro atoms. The molecule has 4 rings (SSSR count). The SMILES string of the molecule is COc1cc([C@@H]2CC(=O)Nc3ncnn32)ccc1OCC(=O)N1CCOCC1. The van der Waals surface area contributed by atoms with Crippen LogP contribution in [-0.2, 0) is 14.3 Å². The number of anilines is 1. The fourth-order valence-corrected chi connectivity index (χ4v) is 3.32. The van der Waals surface area contributed by atoms with E-state index in [0.29, 0.717) is 43.8 Å². The van der Waals surface area contributed by atoms with Crippen molar-refractivity contribution in [1.29, 1.82) is 0 Å². The molecule has 1 saturated heterocycles. The Morgan fingerprint density at radius 2 is 2.14 bits per heavy atom. The van der Waals surface area contributed by atoms with Crippen LogP contribution in [0.2, 0.25) is 0 Å². The minimum absolute atomic E-state index is 0.0746. The van der Waals surface area contributed by atoms with E-state index < -0.39 is 0 Å². The number of methoxy groups -OCH3 is 1. The normalized spacial score (nSPS) is 19.0. The van der Waals surface area contributed by atoms with Gasteiger partial charge in [-0.1, -0.05) is 6.07 Å². The Balaban J connectivity index is 1.49. The summed E-state index contributed by atoms with van der Waals surface area (Å²) >= 11 is 0. The van der Waals surface area contributed by atoms with Gasteiger partial charge in [0.05, 0.1) is 32.8 Å². The van der Waals surface area contributed by atoms with Crippen molar-refractivity contribution < 1.29 is 23.8 Å². The Morgan fingerprint density at radius 1 is 1.32 bits per heavy atom. The zero-order valence-electron chi connectivity index (χ0n) is 15.5. The first kappa shape index (κ1) is 18.2. The molecule has 3 heterocycles. The molecule has 2 aromatic rings. The van der Waals surface area contributed by atoms with Gasteiger partial charge in [-0.15, -0.1) is 0 Å². The number of nitrogens with zero attached hydrogens (tertiary/aromatic N) is 4. The summed E-state index contributed by atoms with van der Waals surface area (Å²) in [6.07, 6.45) is 1.65. The number of carbonyl (C=O) groups excluding carboxylic acids is 2. The molecule has 1 atom stereocenters. The highest BCUT2D eigenvalue weighted by molar-refractivity contribution is 5.91. The number of ether oxygens (including phenoxy) is 3. The van der Waals surface area contributed by atoms with E-state index >= 15 is 0 Å². The Bertz CT molecular complexity index is 877. The van der Waals surface area contributed by atoms with Crippen molar-refractivity contribution in [3.63, 3.8) is 0 Å². The van der Waals surface area contributed by atoms with Crippen molar-refractivity contribution in [1.82, 2.24) is 19.7 Å². The Labute approximate surface area is 161 Å². The average Bonchev–Trinajstić information content (AvgIpc) is 3.20. The number of benzene rings is 1. The standard InChI is InChI=1S/C18H21N5O5/c1-26-15-8-12(13-9-16(24)21-18-19-11-20-23(13)18)2-3-14(15)28-10-17(25)22-4-6-27-7-5-22/h2-3,8,11,13H,4-7,9-10H2,1H3,(H,19,20,21,24)/t13-/m0/s1. The third-order valence-electron chi connectivity index (χ3n) is 4.79. The molecule has 10 nitrogen and oxygen atoms in total. The molecule has 1 fully saturated rings. The van der Waals surface area contributed by atoms with E-state index in [1.807, 2.05) is 6.07 Å². The third kappa shape index (κ3) is 3.63. The molecular weight excluding hydrogens is 366 g/mol. The zero-order chi connectivity index (χ0) is 19.5. The minimum atomic E-state index is -0.288. The lowest BCUT2D eigenvalue weighted by Crippen LogP contribution is -2.43. The molecule has 1 aromatic heterocycles. The van der Waals surface area contributed by atoms with Crippen molar-refractivity contribution in [2.75, 3.05) is 45.3 Å². The summed E-state index contributed by atoms with van der Waals surface area (Å²) in [5.41, 5.74) is 0.838. The van der Waals surface area contributed by atoms with Crippen LogP contribution in [0.1, 0.15) is 18.0 Å². The first-order valence-corrected chi connectivity index (χ1v) is 9.01. The number of rotatable bonds is 5. The highest BCUT2D eigenvalue weighted by Crippen LogP contribution is 2.34. The van der Waals surface area contributed by atoms with Crippen LogP contribution >= 0.6 is 0 Å². The van der Waals surface area contributed by atoms with E-state index in [1.54, 1.807) is 21.7 Å². The predicted octanol–water partition coefficient (Wildman–Crippen LogP) is 0.456. The van der Waals surface area contributed by atoms with Crippen LogP contribution in [0.4, 0.5) is 5.95 Å². The van der Waals surface area contributed by atoms with Crippen LogP contribution in [0.5, 0.6) is 11.5 Å². The van der Waals surface area contributed by atoms with Gasteiger partial charge in [0, 0.05) is 13.1 Å². The number of morpholine rings is 1. The van der Waals surface area contributed by atoms with Gasteiger partial charge in [0.15, 0.2) is 18.1 Å². The fraction of sp³-hybridized carbons (Fsp3) is 0.444. The lowest BCUT2D eigenvalue weighted by Gasteiger charge is -2.27. The van der Waals surface area contributed by atoms with E-state index in [2.05, 4.69) is 15.4 Å². The van der Waals surface area contributed by atoms with Crippen molar-refractivity contribution in [3.8, 4) is 11.5 Å². The van der Waals surface area contributed by atoms with Crippen LogP contribution < -0.4 is 14.8 Å². The molecule has 28 heavy (non-hydrogen) atoms. The summed E-state index contributed by atoms with van der Waals surface area (Å²) in [6.45, 7) is 2.16. The van der Waals surface area contributed by atoms with E-state index in [1.165, 1.54) is 13.4 Å². The van der Waals surface area contributed by atoms with Gasteiger partial charge in [0.2, 0.25) is 11.9 Å². The minimum Gasteiger partial charge on any atom is -0.493 e. The predicted molar refractivity (Wildman–Crippen MR) is 97.3 cm³/mol. The smallest absolute Gasteiger partial charge is 0.260 e. The van der Waals surface area contributed by atoms with Gasteiger partial charge in [-0.25, -0.2) is 4.68 Å². The Kier molecular flexibility index (Phi) is 5.11. The maximum Gasteiger partial charge on any atom is 0.260 e. The number of amides is 2. The second kappa shape index (κ2) is 7.85. The quantitative estimate of drug-likeness (QED) is 0.794. The highest BCUT2D eigenvalue weighted by Gasteiger charge is 2.28. The first-order valence-electron chi connectivity index (χ1n) is 9.01. The third-order valence-corrected chi connectivity index (χ3v) is 4.79. The van der Waals surface area contributed by atoms with Gasteiger partial charge < -0.3 is 19.1 Å². The van der Waals surface area contributed by atoms with Crippen molar-refractivity contribution in [3.05, 3.63) is 30.1 Å². The summed E-state index contributed by atoms with van der Waals surface area (Å²) in [7, 11) is 1.53. The van der Waals surface area contributed by atoms with E-state index in [9.17, 15) is 9.59 Å². The lowest BCUT2D eigenvalue weighted by molar-refractivity contribution is -0.137. The average molecular weight is 387 g/mol. The molecule has 0 bridgehead atoms. The highest BCUT2D eigenvalue weighted by atomic mass is 16.5. The molecule has 10 heteroatoms. The Hall–Kier alpha value is -3.14. The Morgan fingerprint density at radius 3 is 2.93 bits per heavy atom. The number of carbonyl (C=O) groups is 2. The van der Waals surface area contributed by atoms with Gasteiger partial charge in [0.1, 0.15) is 6.33 Å². The van der Waals surface area contributed by atoms with Gasteiger partial charge in [0.25, 0.3) is 5.91 Å². The molecule has 0 aliphatic carbocycles. The number of fused-ring (bicyclic) bond motifs is 1. The van der Waals surface area contributed by atoms with E-state index in [0.717, 1.165) is 5.56 Å². The topological polar surface area (TPSA) is 108 Å². The number of hydrogen-bond acceptors (Lipinski definition) is 7. The molecule has 2 aliphatic heterocycles. The van der Waals surface area contributed by atoms with Gasteiger partial charge >= 0.3 is 0 Å². The molecule has 0 radical (unpaired) electrons. The van der Waals surface area contributed by atoms with Crippen molar-refractivity contribution in [2.45, 2.75) is 12.5 Å². The zero-order valence-corrected chi connectivity index (χ0v) is 15.5. The van der Waals surface area contributed by atoms with E-state index in [4.69, 9.17) is 14.2 Å². The summed E-state index contributed by atoms with van der Waals surface area (Å²) < 4.78 is 18.0. The summed E-state index contributed by atoms with van der Waals surface area (Å²) in [5, 5.41) is 6.88. The summed E-state index contributed by atoms with van der Waals surface area (Å²) in [6, 6.07) is 5.09. The van der Waals surface area contributed by atoms with Crippen molar-refractivity contribution in [2.24, 2.45) is 0 Å². The van der Waals surface area contributed by atoms with Crippen LogP contribution in [0.25, 0.3) is 0 Å². The van der Waals surface area contributed by atoms with Crippen LogP contribution in [0.3, 0.4) is 0 Å². The number of aromatic nitrogens is 3. The molecular formula is C18H21N5O5. The molecule has 1 N–H and O–H groups in total. The molecule has 2 aliphatic rings. The molecule has 148 valence electrons. The second-order valence-corrected chi connectivity index (χ2v) is 6.49. The van der Waals surface area contributed by atoms with Crippen LogP contribution in [0, 0.1) is 0 Å². The van der Waals surface area contributed by atoms with E-state index in [-0.39, 0.29) is 30.9 Å². The maximum absolute atomic E-state index is 12.3. The summed E-state index contributed by atoms with van der Waals surface area (Å²) in [5.74, 6) is 1.15. The molecule has 0 saturated carbocycles. The monoisotopic (exact) mass is 387 g/mol. The number of nitrogens with one attached hydrogen (secondary N) is 1. The van der Waals surface area contributed by atoms with Crippen LogP contribution in [0.15, 0.2) is 24.5 Å². The number of hydrogen-bond donors (Lipinski definition) is 1. The largest absolute Gasteiger partial charge is 0.493 e. The lowest BCUT2D eigenvalue weighted by atomic mass is 10.0. The van der Waals surface area contributed by atoms with Gasteiger partial charge in [-0.05, 0) is 17.7 Å². The fourth-order valence-electron chi connectivity index (χ4n) is 3.32.